The molecular formula is C19H12ClF3N4O2. The molecule has 10 heteroatoms. The summed E-state index contributed by atoms with van der Waals surface area (Å²) in [6, 6.07) is 8.77. The van der Waals surface area contributed by atoms with Gasteiger partial charge in [0.25, 0.3) is 0 Å². The number of rotatable bonds is 3. The highest BCUT2D eigenvalue weighted by Gasteiger charge is 2.36. The Labute approximate surface area is 166 Å². The highest BCUT2D eigenvalue weighted by Crippen LogP contribution is 2.33. The Morgan fingerprint density at radius 2 is 2.00 bits per heavy atom. The first-order valence-corrected chi connectivity index (χ1v) is 8.88. The molecule has 1 aromatic carbocycles. The zero-order valence-electron chi connectivity index (χ0n) is 14.9. The summed E-state index contributed by atoms with van der Waals surface area (Å²) in [6.45, 7) is 1.93. The van der Waals surface area contributed by atoms with Gasteiger partial charge >= 0.3 is 11.8 Å². The Hall–Kier alpha value is -3.20. The van der Waals surface area contributed by atoms with E-state index in [1.165, 1.54) is 18.3 Å². The topological polar surface area (TPSA) is 73.8 Å². The van der Waals surface area contributed by atoms with Gasteiger partial charge in [0.2, 0.25) is 5.89 Å². The number of hydrogen-bond acceptors (Lipinski definition) is 5. The molecule has 0 aliphatic carbocycles. The van der Waals surface area contributed by atoms with Crippen LogP contribution in [0.25, 0.3) is 28.3 Å². The molecule has 0 atom stereocenters. The first-order chi connectivity index (χ1) is 13.8. The second kappa shape index (κ2) is 7.00. The number of fused-ring (bicyclic) bond motifs is 1. The second-order valence-corrected chi connectivity index (χ2v) is 6.55. The molecule has 3 heterocycles. The van der Waals surface area contributed by atoms with Crippen LogP contribution in [0.1, 0.15) is 18.2 Å². The van der Waals surface area contributed by atoms with Gasteiger partial charge in [0, 0.05) is 12.3 Å². The minimum absolute atomic E-state index is 0.0504. The Balaban J connectivity index is 1.98. The van der Waals surface area contributed by atoms with Crippen molar-refractivity contribution in [3.05, 3.63) is 69.3 Å². The van der Waals surface area contributed by atoms with Gasteiger partial charge in [0.1, 0.15) is 5.69 Å². The summed E-state index contributed by atoms with van der Waals surface area (Å²) in [6.07, 6.45) is -2.67. The van der Waals surface area contributed by atoms with Crippen LogP contribution < -0.4 is 5.63 Å². The number of aromatic nitrogens is 4. The molecule has 148 valence electrons. The zero-order chi connectivity index (χ0) is 20.8. The van der Waals surface area contributed by atoms with Gasteiger partial charge in [-0.15, -0.1) is 0 Å². The van der Waals surface area contributed by atoms with Crippen molar-refractivity contribution >= 4 is 22.5 Å². The lowest BCUT2D eigenvalue weighted by molar-refractivity contribution is -0.141. The molecule has 0 radical (unpaired) electrons. The lowest BCUT2D eigenvalue weighted by atomic mass is 10.1. The molecule has 0 amide bonds. The van der Waals surface area contributed by atoms with Crippen molar-refractivity contribution in [1.29, 1.82) is 0 Å². The average molecular weight is 421 g/mol. The predicted octanol–water partition coefficient (Wildman–Crippen LogP) is 4.67. The lowest BCUT2D eigenvalue weighted by Gasteiger charge is -2.07. The normalized spacial score (nSPS) is 11.9. The van der Waals surface area contributed by atoms with E-state index in [0.717, 1.165) is 16.3 Å². The van der Waals surface area contributed by atoms with Crippen LogP contribution >= 0.6 is 11.6 Å². The van der Waals surface area contributed by atoms with E-state index < -0.39 is 17.5 Å². The molecule has 0 unspecified atom stereocenters. The van der Waals surface area contributed by atoms with E-state index in [1.54, 1.807) is 18.2 Å². The summed E-state index contributed by atoms with van der Waals surface area (Å²) in [7, 11) is 0. The van der Waals surface area contributed by atoms with E-state index in [4.69, 9.17) is 16.0 Å². The Kier molecular flexibility index (Phi) is 4.62. The molecule has 6 nitrogen and oxygen atoms in total. The van der Waals surface area contributed by atoms with Crippen LogP contribution in [0, 0.1) is 0 Å². The highest BCUT2D eigenvalue weighted by molar-refractivity contribution is 6.32. The number of hydrogen-bond donors (Lipinski definition) is 0. The van der Waals surface area contributed by atoms with E-state index in [9.17, 15) is 18.0 Å². The van der Waals surface area contributed by atoms with Crippen LogP contribution in [0.15, 0.2) is 51.8 Å². The van der Waals surface area contributed by atoms with E-state index in [1.807, 2.05) is 6.92 Å². The quantitative estimate of drug-likeness (QED) is 0.481. The van der Waals surface area contributed by atoms with Gasteiger partial charge in [-0.1, -0.05) is 24.6 Å². The molecule has 3 aromatic heterocycles. The Morgan fingerprint density at radius 1 is 1.21 bits per heavy atom. The van der Waals surface area contributed by atoms with Gasteiger partial charge in [-0.25, -0.2) is 19.4 Å². The van der Waals surface area contributed by atoms with Gasteiger partial charge in [-0.2, -0.15) is 18.3 Å². The van der Waals surface area contributed by atoms with Crippen molar-refractivity contribution in [2.45, 2.75) is 19.5 Å². The minimum Gasteiger partial charge on any atom is -0.401 e. The summed E-state index contributed by atoms with van der Waals surface area (Å²) in [5.74, 6) is -0.373. The molecule has 0 aliphatic rings. The minimum atomic E-state index is -4.73. The van der Waals surface area contributed by atoms with Crippen LogP contribution in [-0.4, -0.2) is 19.7 Å². The fourth-order valence-electron chi connectivity index (χ4n) is 2.82. The van der Waals surface area contributed by atoms with E-state index in [0.29, 0.717) is 11.9 Å². The molecule has 4 rings (SSSR count). The Morgan fingerprint density at radius 3 is 2.69 bits per heavy atom. The number of benzene rings is 1. The Bertz CT molecular complexity index is 1280. The monoisotopic (exact) mass is 420 g/mol. The van der Waals surface area contributed by atoms with Crippen LogP contribution in [0.3, 0.4) is 0 Å². The zero-order valence-corrected chi connectivity index (χ0v) is 15.6. The molecule has 0 spiro atoms. The smallest absolute Gasteiger partial charge is 0.401 e. The first kappa shape index (κ1) is 19.1. The fraction of sp³-hybridized carbons (Fsp3) is 0.158. The van der Waals surface area contributed by atoms with Gasteiger partial charge in [0.05, 0.1) is 15.9 Å². The van der Waals surface area contributed by atoms with Crippen molar-refractivity contribution in [1.82, 2.24) is 19.7 Å². The van der Waals surface area contributed by atoms with Crippen molar-refractivity contribution in [3.63, 3.8) is 0 Å². The largest absolute Gasteiger partial charge is 0.435 e. The van der Waals surface area contributed by atoms with Crippen molar-refractivity contribution in [2.75, 3.05) is 0 Å². The van der Waals surface area contributed by atoms with Gasteiger partial charge < -0.3 is 4.42 Å². The van der Waals surface area contributed by atoms with Gasteiger partial charge in [-0.3, -0.25) is 0 Å². The van der Waals surface area contributed by atoms with Crippen molar-refractivity contribution in [3.8, 4) is 17.4 Å². The number of aryl methyl sites for hydroxylation is 1. The van der Waals surface area contributed by atoms with Gasteiger partial charge in [0.15, 0.2) is 11.5 Å². The molecule has 0 bridgehead atoms. The molecule has 29 heavy (non-hydrogen) atoms. The highest BCUT2D eigenvalue weighted by atomic mass is 35.5. The standard InChI is InChI=1S/C19H12ClF3N4O2/c1-2-10-5-6-13-11(8-10)18(28)29-17(25-13)14-9-15(19(21,22)23)26-27(14)16-12(20)4-3-7-24-16/h3-9H,2H2,1H3. The summed E-state index contributed by atoms with van der Waals surface area (Å²) in [5, 5.41) is 3.88. The number of halogens is 4. The molecule has 0 fully saturated rings. The van der Waals surface area contributed by atoms with Crippen LogP contribution in [0.2, 0.25) is 5.02 Å². The molecule has 0 saturated heterocycles. The van der Waals surface area contributed by atoms with Gasteiger partial charge in [-0.05, 0) is 36.2 Å². The molecule has 0 N–H and O–H groups in total. The molecule has 0 aliphatic heterocycles. The van der Waals surface area contributed by atoms with Crippen molar-refractivity contribution in [2.24, 2.45) is 0 Å². The number of alkyl halides is 3. The lowest BCUT2D eigenvalue weighted by Crippen LogP contribution is -2.09. The number of pyridine rings is 1. The first-order valence-electron chi connectivity index (χ1n) is 8.50. The maximum absolute atomic E-state index is 13.3. The summed E-state index contributed by atoms with van der Waals surface area (Å²) in [5.41, 5.74) is -0.906. The molecule has 4 aromatic rings. The third-order valence-electron chi connectivity index (χ3n) is 4.26. The predicted molar refractivity (Wildman–Crippen MR) is 100 cm³/mol. The third-order valence-corrected chi connectivity index (χ3v) is 4.55. The summed E-state index contributed by atoms with van der Waals surface area (Å²) >= 11 is 6.08. The third kappa shape index (κ3) is 3.49. The SMILES string of the molecule is CCc1ccc2nc(-c3cc(C(F)(F)F)nn3-c3ncccc3Cl)oc(=O)c2c1. The second-order valence-electron chi connectivity index (χ2n) is 6.14. The molecular weight excluding hydrogens is 409 g/mol. The van der Waals surface area contributed by atoms with E-state index >= 15 is 0 Å². The summed E-state index contributed by atoms with van der Waals surface area (Å²) < 4.78 is 46.0. The fourth-order valence-corrected chi connectivity index (χ4v) is 3.02. The average Bonchev–Trinajstić information content (AvgIpc) is 3.14. The van der Waals surface area contributed by atoms with Crippen LogP contribution in [0.5, 0.6) is 0 Å². The maximum Gasteiger partial charge on any atom is 0.435 e. The van der Waals surface area contributed by atoms with E-state index in [2.05, 4.69) is 15.1 Å². The summed E-state index contributed by atoms with van der Waals surface area (Å²) in [4.78, 5) is 20.7. The van der Waals surface area contributed by atoms with Crippen molar-refractivity contribution < 1.29 is 17.6 Å². The number of nitrogens with zero attached hydrogens (tertiary/aromatic N) is 4. The molecule has 0 saturated carbocycles. The van der Waals surface area contributed by atoms with Crippen LogP contribution in [-0.2, 0) is 12.6 Å². The maximum atomic E-state index is 13.3. The van der Waals surface area contributed by atoms with Crippen LogP contribution in [0.4, 0.5) is 13.2 Å². The van der Waals surface area contributed by atoms with E-state index in [-0.39, 0.29) is 27.8 Å².